The van der Waals surface area contributed by atoms with Crippen LogP contribution in [0.3, 0.4) is 0 Å². The fourth-order valence-electron chi connectivity index (χ4n) is 3.64. The molecule has 0 aliphatic carbocycles. The van der Waals surface area contributed by atoms with Gasteiger partial charge in [0.15, 0.2) is 11.2 Å². The van der Waals surface area contributed by atoms with Crippen LogP contribution in [0, 0.1) is 0 Å². The molecule has 0 amide bonds. The third kappa shape index (κ3) is 7.14. The van der Waals surface area contributed by atoms with E-state index >= 15 is 0 Å². The zero-order valence-corrected chi connectivity index (χ0v) is 23.4. The minimum Gasteiger partial charge on any atom is -0.477 e. The number of pyridine rings is 1. The molecular weight excluding hydrogens is 683 g/mol. The molecule has 0 fully saturated rings. The number of aromatic carboxylic acids is 1. The summed E-state index contributed by atoms with van der Waals surface area (Å²) in [7, 11) is 0. The second-order valence-electron chi connectivity index (χ2n) is 8.23. The summed E-state index contributed by atoms with van der Waals surface area (Å²) in [6, 6.07) is 40.1. The van der Waals surface area contributed by atoms with E-state index in [-0.39, 0.29) is 25.8 Å². The van der Waals surface area contributed by atoms with Crippen molar-refractivity contribution in [2.75, 3.05) is 0 Å². The maximum Gasteiger partial charge on any atom is 0.354 e. The number of benzene rings is 4. The summed E-state index contributed by atoms with van der Waals surface area (Å²) in [5.41, 5.74) is 5.56. The van der Waals surface area contributed by atoms with E-state index in [1.165, 1.54) is 12.3 Å². The van der Waals surface area contributed by atoms with Gasteiger partial charge >= 0.3 is 5.97 Å². The maximum absolute atomic E-state index is 10.1. The fourth-order valence-corrected chi connectivity index (χ4v) is 3.64. The van der Waals surface area contributed by atoms with Crippen LogP contribution in [0.2, 0.25) is 0 Å². The van der Waals surface area contributed by atoms with E-state index < -0.39 is 5.97 Å². The van der Waals surface area contributed by atoms with Gasteiger partial charge in [0.1, 0.15) is 16.7 Å². The van der Waals surface area contributed by atoms with Gasteiger partial charge in [0.2, 0.25) is 11.8 Å². The standard InChI is InChI=1S/2C13H9NO.C6H5NO2.Ir/c2*1-2-6-10(7-3-1)13-14-11-8-4-5-9-12(11)15-13;8-6(9)5-3-1-2-4-7-5;/h2*1-9H;1-4H,(H,8,9);. The van der Waals surface area contributed by atoms with E-state index in [2.05, 4.69) is 15.0 Å². The smallest absolute Gasteiger partial charge is 0.354 e. The van der Waals surface area contributed by atoms with Crippen LogP contribution in [-0.2, 0) is 20.1 Å². The zero-order valence-electron chi connectivity index (χ0n) is 21.0. The zero-order chi connectivity index (χ0) is 26.9. The number of nitrogens with zero attached hydrogens (tertiary/aromatic N) is 3. The van der Waals surface area contributed by atoms with Gasteiger partial charge in [-0.25, -0.2) is 19.7 Å². The largest absolute Gasteiger partial charge is 0.477 e. The molecule has 1 radical (unpaired) electrons. The second kappa shape index (κ2) is 13.8. The summed E-state index contributed by atoms with van der Waals surface area (Å²) in [5.74, 6) is 0.365. The minimum atomic E-state index is -0.990. The molecule has 0 bridgehead atoms. The maximum atomic E-state index is 10.1. The van der Waals surface area contributed by atoms with Gasteiger partial charge < -0.3 is 13.9 Å². The molecule has 0 saturated heterocycles. The quantitative estimate of drug-likeness (QED) is 0.201. The van der Waals surface area contributed by atoms with Crippen LogP contribution in [0.5, 0.6) is 0 Å². The number of hydrogen-bond acceptors (Lipinski definition) is 6. The normalized spacial score (nSPS) is 10.0. The predicted molar refractivity (Wildman–Crippen MR) is 150 cm³/mol. The molecule has 0 aliphatic rings. The van der Waals surface area contributed by atoms with Crippen LogP contribution in [-0.4, -0.2) is 26.0 Å². The van der Waals surface area contributed by atoms with E-state index in [4.69, 9.17) is 13.9 Å². The summed E-state index contributed by atoms with van der Waals surface area (Å²) >= 11 is 0. The van der Waals surface area contributed by atoms with Gasteiger partial charge in [0, 0.05) is 37.4 Å². The number of oxazole rings is 2. The van der Waals surface area contributed by atoms with Crippen LogP contribution < -0.4 is 0 Å². The molecule has 7 rings (SSSR count). The van der Waals surface area contributed by atoms with Crippen molar-refractivity contribution < 1.29 is 38.8 Å². The van der Waals surface area contributed by atoms with Gasteiger partial charge in [-0.15, -0.1) is 0 Å². The molecule has 0 atom stereocenters. The number of carboxylic acid groups (broad SMARTS) is 1. The molecule has 7 nitrogen and oxygen atoms in total. The molecule has 1 N–H and O–H groups in total. The van der Waals surface area contributed by atoms with Gasteiger partial charge in [0.25, 0.3) is 0 Å². The van der Waals surface area contributed by atoms with Crippen molar-refractivity contribution in [2.45, 2.75) is 0 Å². The van der Waals surface area contributed by atoms with E-state index in [1.807, 2.05) is 109 Å². The first-order chi connectivity index (χ1) is 19.2. The summed E-state index contributed by atoms with van der Waals surface area (Å²) in [6.07, 6.45) is 1.45. The first-order valence-corrected chi connectivity index (χ1v) is 12.1. The third-order valence-electron chi connectivity index (χ3n) is 5.51. The Labute approximate surface area is 243 Å². The van der Waals surface area contributed by atoms with Crippen molar-refractivity contribution in [1.29, 1.82) is 0 Å². The summed E-state index contributed by atoms with van der Waals surface area (Å²) < 4.78 is 11.3. The Morgan fingerprint density at radius 3 is 1.35 bits per heavy atom. The van der Waals surface area contributed by atoms with Crippen molar-refractivity contribution >= 4 is 28.2 Å². The van der Waals surface area contributed by atoms with Gasteiger partial charge in [-0.3, -0.25) is 0 Å². The molecule has 0 spiro atoms. The van der Waals surface area contributed by atoms with Gasteiger partial charge in [0.05, 0.1) is 0 Å². The Kier molecular flexibility index (Phi) is 9.67. The molecule has 3 heterocycles. The van der Waals surface area contributed by atoms with Crippen molar-refractivity contribution in [3.8, 4) is 22.9 Å². The van der Waals surface area contributed by atoms with Gasteiger partial charge in [-0.1, -0.05) is 66.7 Å². The average Bonchev–Trinajstić information content (AvgIpc) is 3.64. The first-order valence-electron chi connectivity index (χ1n) is 12.1. The number of para-hydroxylation sites is 4. The molecule has 7 aromatic rings. The third-order valence-corrected chi connectivity index (χ3v) is 5.51. The Hall–Kier alpha value is -4.91. The number of fused-ring (bicyclic) bond motifs is 2. The number of hydrogen-bond donors (Lipinski definition) is 1. The van der Waals surface area contributed by atoms with E-state index in [9.17, 15) is 4.79 Å². The van der Waals surface area contributed by atoms with Crippen LogP contribution in [0.25, 0.3) is 45.1 Å². The number of carbonyl (C=O) groups is 1. The predicted octanol–water partition coefficient (Wildman–Crippen LogP) is 7.77. The summed E-state index contributed by atoms with van der Waals surface area (Å²) in [5, 5.41) is 8.32. The number of carboxylic acids is 1. The van der Waals surface area contributed by atoms with Crippen LogP contribution in [0.4, 0.5) is 0 Å². The van der Waals surface area contributed by atoms with Crippen molar-refractivity contribution in [2.24, 2.45) is 0 Å². The van der Waals surface area contributed by atoms with Crippen molar-refractivity contribution in [3.63, 3.8) is 0 Å². The minimum absolute atomic E-state index is 0. The Morgan fingerprint density at radius 1 is 0.550 bits per heavy atom. The number of aromatic nitrogens is 3. The van der Waals surface area contributed by atoms with Gasteiger partial charge in [-0.05, 0) is 60.7 Å². The molecule has 0 unspecified atom stereocenters. The summed E-state index contributed by atoms with van der Waals surface area (Å²) in [4.78, 5) is 22.5. The SMILES string of the molecule is O=C(O)c1ccccn1.[Ir].c1ccc(-c2nc3ccccc3o2)cc1.c1ccc(-c2nc3ccccc3o2)cc1. The van der Waals surface area contributed by atoms with Crippen LogP contribution in [0.1, 0.15) is 10.5 Å². The van der Waals surface area contributed by atoms with E-state index in [0.717, 1.165) is 33.3 Å². The molecule has 4 aromatic carbocycles. The van der Waals surface area contributed by atoms with Crippen molar-refractivity contribution in [1.82, 2.24) is 15.0 Å². The number of rotatable bonds is 3. The topological polar surface area (TPSA) is 102 Å². The fraction of sp³-hybridized carbons (Fsp3) is 0. The molecule has 3 aromatic heterocycles. The molecule has 0 saturated carbocycles. The summed E-state index contributed by atoms with van der Waals surface area (Å²) in [6.45, 7) is 0. The van der Waals surface area contributed by atoms with Crippen LogP contribution in [0.15, 0.2) is 142 Å². The second-order valence-corrected chi connectivity index (χ2v) is 8.23. The monoisotopic (exact) mass is 706 g/mol. The van der Waals surface area contributed by atoms with Crippen LogP contribution >= 0.6 is 0 Å². The molecular formula is C32H23IrN3O4. The Balaban J connectivity index is 0.000000142. The molecule has 0 aliphatic heterocycles. The molecule has 40 heavy (non-hydrogen) atoms. The Bertz CT molecular complexity index is 1610. The average molecular weight is 706 g/mol. The van der Waals surface area contributed by atoms with Crippen molar-refractivity contribution in [3.05, 3.63) is 139 Å². The first kappa shape index (κ1) is 28.1. The van der Waals surface area contributed by atoms with E-state index in [1.54, 1.807) is 12.1 Å². The van der Waals surface area contributed by atoms with E-state index in [0.29, 0.717) is 11.8 Å². The Morgan fingerprint density at radius 2 is 0.975 bits per heavy atom. The molecule has 199 valence electrons. The molecule has 8 heteroatoms. The van der Waals surface area contributed by atoms with Gasteiger partial charge in [-0.2, -0.15) is 0 Å².